The second-order valence-corrected chi connectivity index (χ2v) is 7.35. The van der Waals surface area contributed by atoms with Gasteiger partial charge in [0, 0.05) is 23.0 Å². The molecule has 1 fully saturated rings. The van der Waals surface area contributed by atoms with Crippen molar-refractivity contribution in [3.05, 3.63) is 64.1 Å². The monoisotopic (exact) mass is 416 g/mol. The number of amides is 2. The minimum atomic E-state index is -0.377. The van der Waals surface area contributed by atoms with Crippen LogP contribution in [0.5, 0.6) is 5.75 Å². The Kier molecular flexibility index (Phi) is 5.74. The highest BCUT2D eigenvalue weighted by Gasteiger charge is 2.39. The fourth-order valence-electron chi connectivity index (χ4n) is 3.23. The van der Waals surface area contributed by atoms with Crippen molar-refractivity contribution in [2.75, 3.05) is 20.8 Å². The number of nitrogens with zero attached hydrogens (tertiary/aromatic N) is 2. The summed E-state index contributed by atoms with van der Waals surface area (Å²) in [6.45, 7) is 0.826. The zero-order valence-corrected chi connectivity index (χ0v) is 16.4. The van der Waals surface area contributed by atoms with Gasteiger partial charge in [0.1, 0.15) is 5.75 Å². The van der Waals surface area contributed by atoms with Crippen LogP contribution in [0.15, 0.2) is 53.0 Å². The molecule has 1 heterocycles. The molecule has 0 bridgehead atoms. The lowest BCUT2D eigenvalue weighted by molar-refractivity contribution is -0.141. The Bertz CT molecular complexity index is 810. The maximum atomic E-state index is 12.7. The van der Waals surface area contributed by atoms with Gasteiger partial charge in [-0.25, -0.2) is 0 Å². The molecule has 0 N–H and O–H groups in total. The van der Waals surface area contributed by atoms with Gasteiger partial charge in [-0.05, 0) is 30.8 Å². The number of benzene rings is 2. The van der Waals surface area contributed by atoms with E-state index in [9.17, 15) is 9.59 Å². The lowest BCUT2D eigenvalue weighted by atomic mass is 9.98. The summed E-state index contributed by atoms with van der Waals surface area (Å²) in [7, 11) is 3.52. The third-order valence-electron chi connectivity index (χ3n) is 4.51. The van der Waals surface area contributed by atoms with Crippen LogP contribution in [-0.2, 0) is 16.1 Å². The first-order valence-corrected chi connectivity index (χ1v) is 9.19. The summed E-state index contributed by atoms with van der Waals surface area (Å²) < 4.78 is 6.35. The number of ether oxygens (including phenoxy) is 1. The van der Waals surface area contributed by atoms with Gasteiger partial charge < -0.3 is 4.74 Å². The molecule has 0 radical (unpaired) electrons. The van der Waals surface area contributed by atoms with Gasteiger partial charge in [0.05, 0.1) is 19.7 Å². The number of imide groups is 1. The molecule has 6 heteroatoms. The Morgan fingerprint density at radius 2 is 1.92 bits per heavy atom. The van der Waals surface area contributed by atoms with Gasteiger partial charge in [-0.1, -0.05) is 46.3 Å². The van der Waals surface area contributed by atoms with Crippen molar-refractivity contribution in [1.29, 1.82) is 0 Å². The number of rotatable bonds is 6. The van der Waals surface area contributed by atoms with E-state index in [0.717, 1.165) is 21.3 Å². The Morgan fingerprint density at radius 3 is 2.62 bits per heavy atom. The lowest BCUT2D eigenvalue weighted by Crippen LogP contribution is -2.39. The van der Waals surface area contributed by atoms with Crippen molar-refractivity contribution in [3.63, 3.8) is 0 Å². The molecule has 0 spiro atoms. The number of carbonyl (C=O) groups excluding carboxylic acids is 2. The number of hydrogen-bond acceptors (Lipinski definition) is 4. The average Bonchev–Trinajstić information content (AvgIpc) is 2.91. The van der Waals surface area contributed by atoms with Crippen LogP contribution in [0, 0.1) is 0 Å². The van der Waals surface area contributed by atoms with Gasteiger partial charge in [0.2, 0.25) is 11.8 Å². The van der Waals surface area contributed by atoms with Gasteiger partial charge in [-0.2, -0.15) is 0 Å². The fourth-order valence-corrected chi connectivity index (χ4v) is 3.64. The lowest BCUT2D eigenvalue weighted by Gasteiger charge is -2.24. The van der Waals surface area contributed by atoms with Crippen molar-refractivity contribution >= 4 is 27.7 Å². The summed E-state index contributed by atoms with van der Waals surface area (Å²) in [5, 5.41) is 0. The van der Waals surface area contributed by atoms with Crippen LogP contribution in [-0.4, -0.2) is 42.4 Å². The molecular formula is C20H21BrN2O3. The Hall–Kier alpha value is -2.18. The minimum absolute atomic E-state index is 0.128. The molecule has 136 valence electrons. The summed E-state index contributed by atoms with van der Waals surface area (Å²) in [6, 6.07) is 15.3. The van der Waals surface area contributed by atoms with Crippen LogP contribution in [0.1, 0.15) is 23.5 Å². The quantitative estimate of drug-likeness (QED) is 0.677. The van der Waals surface area contributed by atoms with E-state index in [0.29, 0.717) is 6.54 Å². The van der Waals surface area contributed by atoms with Crippen LogP contribution in [0.2, 0.25) is 0 Å². The molecule has 1 aliphatic heterocycles. The molecule has 5 nitrogen and oxygen atoms in total. The molecule has 0 aromatic heterocycles. The third kappa shape index (κ3) is 3.97. The standard InChI is InChI=1S/C20H21BrN2O3/c1-22(12-15-10-16(21)8-9-18(15)26-2)13-23-19(24)11-17(20(23)25)14-6-4-3-5-7-14/h3-10,17H,11-13H2,1-2H3/t17-/m0/s1. The van der Waals surface area contributed by atoms with Gasteiger partial charge in [-0.3, -0.25) is 19.4 Å². The largest absolute Gasteiger partial charge is 0.496 e. The van der Waals surface area contributed by atoms with Crippen LogP contribution in [0.25, 0.3) is 0 Å². The second-order valence-electron chi connectivity index (χ2n) is 6.44. The Labute approximate surface area is 161 Å². The maximum Gasteiger partial charge on any atom is 0.238 e. The predicted molar refractivity (Wildman–Crippen MR) is 103 cm³/mol. The van der Waals surface area contributed by atoms with Crippen LogP contribution < -0.4 is 4.74 Å². The highest BCUT2D eigenvalue weighted by atomic mass is 79.9. The maximum absolute atomic E-state index is 12.7. The summed E-state index contributed by atoms with van der Waals surface area (Å²) in [4.78, 5) is 28.4. The van der Waals surface area contributed by atoms with E-state index in [1.54, 1.807) is 7.11 Å². The summed E-state index contributed by atoms with van der Waals surface area (Å²) in [5.41, 5.74) is 1.88. The SMILES string of the molecule is COc1ccc(Br)cc1CN(C)CN1C(=O)C[C@@H](c2ccccc2)C1=O. The molecule has 3 rings (SSSR count). The first-order chi connectivity index (χ1) is 12.5. The Balaban J connectivity index is 1.70. The normalized spacial score (nSPS) is 17.2. The molecule has 2 aromatic carbocycles. The van der Waals surface area contributed by atoms with Crippen LogP contribution in [0.3, 0.4) is 0 Å². The van der Waals surface area contributed by atoms with Gasteiger partial charge >= 0.3 is 0 Å². The number of likely N-dealkylation sites (tertiary alicyclic amines) is 1. The van der Waals surface area contributed by atoms with E-state index in [1.807, 2.05) is 60.5 Å². The Morgan fingerprint density at radius 1 is 1.19 bits per heavy atom. The number of methoxy groups -OCH3 is 1. The van der Waals surface area contributed by atoms with E-state index >= 15 is 0 Å². The zero-order chi connectivity index (χ0) is 18.7. The van der Waals surface area contributed by atoms with Crippen molar-refractivity contribution in [2.45, 2.75) is 18.9 Å². The smallest absolute Gasteiger partial charge is 0.238 e. The van der Waals surface area contributed by atoms with E-state index in [1.165, 1.54) is 4.90 Å². The highest BCUT2D eigenvalue weighted by molar-refractivity contribution is 9.10. The van der Waals surface area contributed by atoms with Gasteiger partial charge in [0.15, 0.2) is 0 Å². The predicted octanol–water partition coefficient (Wildman–Crippen LogP) is 3.39. The minimum Gasteiger partial charge on any atom is -0.496 e. The molecule has 2 aromatic rings. The molecule has 1 aliphatic rings. The van der Waals surface area contributed by atoms with Crippen LogP contribution >= 0.6 is 15.9 Å². The van der Waals surface area contributed by atoms with Crippen molar-refractivity contribution in [3.8, 4) is 5.75 Å². The zero-order valence-electron chi connectivity index (χ0n) is 14.8. The summed E-state index contributed by atoms with van der Waals surface area (Å²) >= 11 is 3.46. The fraction of sp³-hybridized carbons (Fsp3) is 0.300. The topological polar surface area (TPSA) is 49.9 Å². The van der Waals surface area contributed by atoms with Gasteiger partial charge in [-0.15, -0.1) is 0 Å². The molecule has 0 saturated carbocycles. The first kappa shape index (κ1) is 18.6. The molecule has 0 aliphatic carbocycles. The van der Waals surface area contributed by atoms with Crippen molar-refractivity contribution < 1.29 is 14.3 Å². The molecule has 1 saturated heterocycles. The van der Waals surface area contributed by atoms with Gasteiger partial charge in [0.25, 0.3) is 0 Å². The van der Waals surface area contributed by atoms with Crippen LogP contribution in [0.4, 0.5) is 0 Å². The number of carbonyl (C=O) groups is 2. The highest BCUT2D eigenvalue weighted by Crippen LogP contribution is 2.30. The molecule has 0 unspecified atom stereocenters. The van der Waals surface area contributed by atoms with Crippen molar-refractivity contribution in [1.82, 2.24) is 9.80 Å². The molecule has 1 atom stereocenters. The van der Waals surface area contributed by atoms with E-state index in [4.69, 9.17) is 4.74 Å². The molecule has 26 heavy (non-hydrogen) atoms. The molecular weight excluding hydrogens is 396 g/mol. The van der Waals surface area contributed by atoms with Crippen molar-refractivity contribution in [2.24, 2.45) is 0 Å². The number of hydrogen-bond donors (Lipinski definition) is 0. The average molecular weight is 417 g/mol. The van der Waals surface area contributed by atoms with E-state index < -0.39 is 0 Å². The summed E-state index contributed by atoms with van der Waals surface area (Å²) in [5.74, 6) is 0.143. The summed E-state index contributed by atoms with van der Waals surface area (Å²) in [6.07, 6.45) is 0.233. The number of halogens is 1. The van der Waals surface area contributed by atoms with E-state index in [2.05, 4.69) is 15.9 Å². The van der Waals surface area contributed by atoms with E-state index in [-0.39, 0.29) is 30.8 Å². The molecule has 2 amide bonds. The third-order valence-corrected chi connectivity index (χ3v) is 5.00. The second kappa shape index (κ2) is 8.01. The first-order valence-electron chi connectivity index (χ1n) is 8.39.